The van der Waals surface area contributed by atoms with Crippen LogP contribution < -0.4 is 11.1 Å². The average molecular weight is 302 g/mol. The minimum atomic E-state index is 0.509. The van der Waals surface area contributed by atoms with Gasteiger partial charge in [-0.2, -0.15) is 0 Å². The number of hydrogen-bond acceptors (Lipinski definition) is 2. The maximum atomic E-state index is 5.92. The summed E-state index contributed by atoms with van der Waals surface area (Å²) in [5.41, 5.74) is 8.16. The van der Waals surface area contributed by atoms with Gasteiger partial charge in [0.2, 0.25) is 0 Å². The summed E-state index contributed by atoms with van der Waals surface area (Å²) in [6, 6.07) is 8.93. The third-order valence-electron chi connectivity index (χ3n) is 4.40. The number of hydrogen-bond donors (Lipinski definition) is 2. The lowest BCUT2D eigenvalue weighted by Gasteiger charge is -2.33. The van der Waals surface area contributed by atoms with Crippen LogP contribution in [0.15, 0.2) is 29.3 Å². The molecule has 0 saturated carbocycles. The van der Waals surface area contributed by atoms with Crippen LogP contribution in [0.1, 0.15) is 44.6 Å². The van der Waals surface area contributed by atoms with E-state index in [1.165, 1.54) is 44.3 Å². The van der Waals surface area contributed by atoms with Gasteiger partial charge < -0.3 is 16.0 Å². The molecule has 0 aliphatic carbocycles. The fourth-order valence-corrected chi connectivity index (χ4v) is 2.94. The van der Waals surface area contributed by atoms with Gasteiger partial charge in [-0.1, -0.05) is 24.1 Å². The van der Waals surface area contributed by atoms with E-state index in [9.17, 15) is 0 Å². The van der Waals surface area contributed by atoms with Crippen LogP contribution in [0.2, 0.25) is 0 Å². The van der Waals surface area contributed by atoms with E-state index in [1.807, 2.05) is 12.1 Å². The quantitative estimate of drug-likeness (QED) is 0.481. The molecular formula is C18H30N4. The molecule has 1 aromatic rings. The molecule has 1 fully saturated rings. The maximum Gasteiger partial charge on any atom is 0.193 e. The van der Waals surface area contributed by atoms with Gasteiger partial charge in [0.05, 0.1) is 0 Å². The van der Waals surface area contributed by atoms with E-state index in [1.54, 1.807) is 0 Å². The first kappa shape index (κ1) is 16.8. The number of unbranched alkanes of at least 4 members (excludes halogenated alkanes) is 1. The van der Waals surface area contributed by atoms with Gasteiger partial charge in [-0.25, -0.2) is 0 Å². The zero-order chi connectivity index (χ0) is 15.8. The van der Waals surface area contributed by atoms with Crippen molar-refractivity contribution in [3.8, 4) is 0 Å². The molecule has 2 rings (SSSR count). The first-order chi connectivity index (χ1) is 10.6. The maximum absolute atomic E-state index is 5.92. The highest BCUT2D eigenvalue weighted by atomic mass is 15.2. The minimum absolute atomic E-state index is 0.509. The molecule has 1 aromatic carbocycles. The zero-order valence-electron chi connectivity index (χ0n) is 14.0. The number of nitrogens with zero attached hydrogens (tertiary/aromatic N) is 2. The van der Waals surface area contributed by atoms with E-state index in [4.69, 9.17) is 5.73 Å². The molecule has 1 unspecified atom stereocenters. The van der Waals surface area contributed by atoms with Crippen molar-refractivity contribution in [3.05, 3.63) is 29.8 Å². The van der Waals surface area contributed by atoms with Gasteiger partial charge in [0, 0.05) is 18.3 Å². The van der Waals surface area contributed by atoms with Crippen molar-refractivity contribution in [3.63, 3.8) is 0 Å². The summed E-state index contributed by atoms with van der Waals surface area (Å²) in [4.78, 5) is 7.02. The highest BCUT2D eigenvalue weighted by Crippen LogP contribution is 2.16. The average Bonchev–Trinajstić information content (AvgIpc) is 2.51. The molecule has 1 atom stereocenters. The molecule has 22 heavy (non-hydrogen) atoms. The molecule has 4 nitrogen and oxygen atoms in total. The van der Waals surface area contributed by atoms with Gasteiger partial charge in [-0.3, -0.25) is 4.99 Å². The van der Waals surface area contributed by atoms with Crippen molar-refractivity contribution in [1.82, 2.24) is 4.90 Å². The molecule has 1 saturated heterocycles. The van der Waals surface area contributed by atoms with Crippen LogP contribution >= 0.6 is 0 Å². The molecule has 0 spiro atoms. The van der Waals surface area contributed by atoms with E-state index < -0.39 is 0 Å². The van der Waals surface area contributed by atoms with Crippen LogP contribution in [0.5, 0.6) is 0 Å². The molecule has 1 aliphatic heterocycles. The predicted molar refractivity (Wildman–Crippen MR) is 95.4 cm³/mol. The number of nitrogens with two attached hydrogens (primary N) is 1. The Morgan fingerprint density at radius 3 is 2.77 bits per heavy atom. The van der Waals surface area contributed by atoms with Crippen molar-refractivity contribution in [2.24, 2.45) is 10.7 Å². The molecule has 0 bridgehead atoms. The topological polar surface area (TPSA) is 53.6 Å². The third-order valence-corrected chi connectivity index (χ3v) is 4.40. The van der Waals surface area contributed by atoms with Crippen LogP contribution in [0, 0.1) is 6.92 Å². The standard InChI is InChI=1S/C18H30N4/c1-15-8-10-17(11-9-15)21-18(19)20-12-4-6-14-22-13-5-3-7-16(22)2/h8-11,16H,3-7,12-14H2,1-2H3,(H3,19,20,21). The second-order valence-electron chi connectivity index (χ2n) is 6.35. The molecule has 3 N–H and O–H groups in total. The van der Waals surface area contributed by atoms with Crippen molar-refractivity contribution in [1.29, 1.82) is 0 Å². The van der Waals surface area contributed by atoms with E-state index in [-0.39, 0.29) is 0 Å². The number of likely N-dealkylation sites (tertiary alicyclic amines) is 1. The number of benzene rings is 1. The molecule has 122 valence electrons. The number of piperidine rings is 1. The largest absolute Gasteiger partial charge is 0.370 e. The van der Waals surface area contributed by atoms with Crippen molar-refractivity contribution in [2.45, 2.75) is 52.0 Å². The number of aryl methyl sites for hydroxylation is 1. The van der Waals surface area contributed by atoms with Crippen LogP contribution in [-0.2, 0) is 0 Å². The van der Waals surface area contributed by atoms with E-state index in [0.29, 0.717) is 5.96 Å². The fourth-order valence-electron chi connectivity index (χ4n) is 2.94. The van der Waals surface area contributed by atoms with Gasteiger partial charge in [0.25, 0.3) is 0 Å². The Morgan fingerprint density at radius 1 is 1.27 bits per heavy atom. The first-order valence-corrected chi connectivity index (χ1v) is 8.53. The lowest BCUT2D eigenvalue weighted by Crippen LogP contribution is -2.38. The molecule has 0 aromatic heterocycles. The van der Waals surface area contributed by atoms with Crippen LogP contribution in [0.3, 0.4) is 0 Å². The van der Waals surface area contributed by atoms with Gasteiger partial charge in [0.15, 0.2) is 5.96 Å². The number of rotatable bonds is 6. The van der Waals surface area contributed by atoms with E-state index >= 15 is 0 Å². The molecule has 4 heteroatoms. The number of anilines is 1. The van der Waals surface area contributed by atoms with Crippen molar-refractivity contribution >= 4 is 11.6 Å². The van der Waals surface area contributed by atoms with E-state index in [2.05, 4.69) is 41.2 Å². The number of aliphatic imine (C=N–C) groups is 1. The van der Waals surface area contributed by atoms with Crippen LogP contribution in [-0.4, -0.2) is 36.5 Å². The van der Waals surface area contributed by atoms with E-state index in [0.717, 1.165) is 24.7 Å². The second-order valence-corrected chi connectivity index (χ2v) is 6.35. The summed E-state index contributed by atoms with van der Waals surface area (Å²) in [5, 5.41) is 3.13. The third kappa shape index (κ3) is 5.68. The van der Waals surface area contributed by atoms with Crippen LogP contribution in [0.25, 0.3) is 0 Å². The number of guanidine groups is 1. The summed E-state index contributed by atoms with van der Waals surface area (Å²) < 4.78 is 0. The SMILES string of the molecule is Cc1ccc(NC(N)=NCCCCN2CCCCC2C)cc1. The molecular weight excluding hydrogens is 272 g/mol. The minimum Gasteiger partial charge on any atom is -0.370 e. The molecule has 0 amide bonds. The molecule has 1 aliphatic rings. The highest BCUT2D eigenvalue weighted by molar-refractivity contribution is 5.92. The summed E-state index contributed by atoms with van der Waals surface area (Å²) in [5.74, 6) is 0.509. The summed E-state index contributed by atoms with van der Waals surface area (Å²) in [7, 11) is 0. The Hall–Kier alpha value is -1.55. The zero-order valence-corrected chi connectivity index (χ0v) is 14.0. The molecule has 1 heterocycles. The lowest BCUT2D eigenvalue weighted by molar-refractivity contribution is 0.158. The molecule has 0 radical (unpaired) electrons. The lowest BCUT2D eigenvalue weighted by atomic mass is 10.0. The Balaban J connectivity index is 1.63. The monoisotopic (exact) mass is 302 g/mol. The van der Waals surface area contributed by atoms with Crippen molar-refractivity contribution < 1.29 is 0 Å². The Kier molecular flexibility index (Phi) is 6.72. The summed E-state index contributed by atoms with van der Waals surface area (Å²) >= 11 is 0. The summed E-state index contributed by atoms with van der Waals surface area (Å²) in [6.45, 7) is 7.68. The fraction of sp³-hybridized carbons (Fsp3) is 0.611. The Morgan fingerprint density at radius 2 is 2.05 bits per heavy atom. The highest BCUT2D eigenvalue weighted by Gasteiger charge is 2.16. The smallest absolute Gasteiger partial charge is 0.193 e. The van der Waals surface area contributed by atoms with Gasteiger partial charge in [-0.15, -0.1) is 0 Å². The van der Waals surface area contributed by atoms with Crippen LogP contribution in [0.4, 0.5) is 5.69 Å². The van der Waals surface area contributed by atoms with Crippen molar-refractivity contribution in [2.75, 3.05) is 25.0 Å². The first-order valence-electron chi connectivity index (χ1n) is 8.53. The summed E-state index contributed by atoms with van der Waals surface area (Å²) in [6.07, 6.45) is 6.40. The van der Waals surface area contributed by atoms with Gasteiger partial charge in [-0.05, 0) is 64.8 Å². The predicted octanol–water partition coefficient (Wildman–Crippen LogP) is 3.38. The van der Waals surface area contributed by atoms with Gasteiger partial charge in [0.1, 0.15) is 0 Å². The second kappa shape index (κ2) is 8.79. The van der Waals surface area contributed by atoms with Gasteiger partial charge >= 0.3 is 0 Å². The Labute approximate surface area is 134 Å². The normalized spacial score (nSPS) is 20.1. The number of nitrogens with one attached hydrogen (secondary N) is 1. The Bertz CT molecular complexity index is 466.